The molecule has 2 unspecified atom stereocenters. The number of benzene rings is 1. The van der Waals surface area contributed by atoms with Crippen LogP contribution in [0.25, 0.3) is 0 Å². The SMILES string of the molecule is CNS(=O)(=O)c1ccc(S(=O)(=O)NC2(CN)CCCCC2C)cc1.Cl. The zero-order valence-electron chi connectivity index (χ0n) is 14.4. The van der Waals surface area contributed by atoms with E-state index in [0.717, 1.165) is 19.3 Å². The van der Waals surface area contributed by atoms with E-state index in [4.69, 9.17) is 5.73 Å². The van der Waals surface area contributed by atoms with Gasteiger partial charge >= 0.3 is 0 Å². The van der Waals surface area contributed by atoms with Crippen LogP contribution in [0, 0.1) is 5.92 Å². The summed E-state index contributed by atoms with van der Waals surface area (Å²) in [6.07, 6.45) is 3.64. The van der Waals surface area contributed by atoms with E-state index in [1.54, 1.807) is 0 Å². The maximum absolute atomic E-state index is 12.7. The molecule has 0 saturated heterocycles. The quantitative estimate of drug-likeness (QED) is 0.649. The van der Waals surface area contributed by atoms with E-state index in [9.17, 15) is 16.8 Å². The van der Waals surface area contributed by atoms with Gasteiger partial charge in [-0.2, -0.15) is 0 Å². The summed E-state index contributed by atoms with van der Waals surface area (Å²) in [6.45, 7) is 2.25. The Morgan fingerprint density at radius 2 is 1.60 bits per heavy atom. The van der Waals surface area contributed by atoms with E-state index < -0.39 is 25.6 Å². The second-order valence-corrected chi connectivity index (χ2v) is 9.86. The first-order chi connectivity index (χ1) is 11.2. The molecule has 2 rings (SSSR count). The van der Waals surface area contributed by atoms with Crippen LogP contribution in [0.1, 0.15) is 32.6 Å². The summed E-state index contributed by atoms with van der Waals surface area (Å²) in [4.78, 5) is 0.0478. The molecule has 0 aliphatic heterocycles. The van der Waals surface area contributed by atoms with Crippen LogP contribution in [0.4, 0.5) is 0 Å². The van der Waals surface area contributed by atoms with Crippen molar-refractivity contribution < 1.29 is 16.8 Å². The fourth-order valence-electron chi connectivity index (χ4n) is 3.15. The Bertz CT molecular complexity index is 781. The van der Waals surface area contributed by atoms with Crippen molar-refractivity contribution >= 4 is 32.5 Å². The summed E-state index contributed by atoms with van der Waals surface area (Å²) in [5.41, 5.74) is 5.25. The van der Waals surface area contributed by atoms with E-state index in [1.165, 1.54) is 31.3 Å². The van der Waals surface area contributed by atoms with Crippen LogP contribution in [0.15, 0.2) is 34.1 Å². The number of rotatable bonds is 6. The minimum atomic E-state index is -3.78. The zero-order chi connectivity index (χ0) is 18.0. The van der Waals surface area contributed by atoms with Gasteiger partial charge < -0.3 is 5.73 Å². The van der Waals surface area contributed by atoms with Gasteiger partial charge in [-0.05, 0) is 50.1 Å². The van der Waals surface area contributed by atoms with Gasteiger partial charge in [0.2, 0.25) is 20.0 Å². The summed E-state index contributed by atoms with van der Waals surface area (Å²) in [5, 5.41) is 0. The van der Waals surface area contributed by atoms with E-state index in [0.29, 0.717) is 6.42 Å². The zero-order valence-corrected chi connectivity index (χ0v) is 16.8. The fourth-order valence-corrected chi connectivity index (χ4v) is 5.42. The first kappa shape index (κ1) is 22.3. The standard InChI is InChI=1S/C15H25N3O4S2.ClH/c1-12-5-3-4-10-15(12,11-16)18-24(21,22)14-8-6-13(7-9-14)23(19,20)17-2;/h6-9,12,17-18H,3-5,10-11,16H2,1-2H3;1H. The van der Waals surface area contributed by atoms with Gasteiger partial charge in [0.1, 0.15) is 0 Å². The van der Waals surface area contributed by atoms with E-state index in [2.05, 4.69) is 9.44 Å². The molecule has 0 radical (unpaired) electrons. The van der Waals surface area contributed by atoms with Crippen molar-refractivity contribution in [1.82, 2.24) is 9.44 Å². The molecule has 1 aromatic rings. The first-order valence-electron chi connectivity index (χ1n) is 7.94. The van der Waals surface area contributed by atoms with Crippen LogP contribution in [-0.4, -0.2) is 36.0 Å². The highest BCUT2D eigenvalue weighted by molar-refractivity contribution is 7.90. The lowest BCUT2D eigenvalue weighted by Crippen LogP contribution is -2.58. The van der Waals surface area contributed by atoms with Crippen molar-refractivity contribution in [2.45, 2.75) is 47.9 Å². The van der Waals surface area contributed by atoms with E-state index in [-0.39, 0.29) is 34.7 Å². The monoisotopic (exact) mass is 411 g/mol. The Hall–Kier alpha value is -0.710. The molecular formula is C15H26ClN3O4S2. The lowest BCUT2D eigenvalue weighted by atomic mass is 9.74. The summed E-state index contributed by atoms with van der Waals surface area (Å²) in [7, 11) is -6.07. The van der Waals surface area contributed by atoms with Gasteiger partial charge in [0.15, 0.2) is 0 Å². The normalized spacial score (nSPS) is 24.5. The minimum absolute atomic E-state index is 0. The first-order valence-corrected chi connectivity index (χ1v) is 10.9. The van der Waals surface area contributed by atoms with Gasteiger partial charge in [-0.25, -0.2) is 26.3 Å². The highest BCUT2D eigenvalue weighted by Crippen LogP contribution is 2.34. The molecule has 1 fully saturated rings. The highest BCUT2D eigenvalue weighted by atomic mass is 35.5. The van der Waals surface area contributed by atoms with Crippen molar-refractivity contribution in [3.63, 3.8) is 0 Å². The average molecular weight is 412 g/mol. The van der Waals surface area contributed by atoms with Gasteiger partial charge in [0.25, 0.3) is 0 Å². The highest BCUT2D eigenvalue weighted by Gasteiger charge is 2.40. The topological polar surface area (TPSA) is 118 Å². The number of halogens is 1. The molecule has 7 nitrogen and oxygen atoms in total. The molecule has 2 atom stereocenters. The van der Waals surface area contributed by atoms with E-state index >= 15 is 0 Å². The van der Waals surface area contributed by atoms with Crippen molar-refractivity contribution in [1.29, 1.82) is 0 Å². The fraction of sp³-hybridized carbons (Fsp3) is 0.600. The number of sulfonamides is 2. The van der Waals surface area contributed by atoms with Crippen molar-refractivity contribution in [3.8, 4) is 0 Å². The van der Waals surface area contributed by atoms with Gasteiger partial charge in [-0.1, -0.05) is 19.8 Å². The molecular weight excluding hydrogens is 386 g/mol. The van der Waals surface area contributed by atoms with Crippen molar-refractivity contribution in [2.24, 2.45) is 11.7 Å². The second kappa shape index (κ2) is 8.32. The second-order valence-electron chi connectivity index (χ2n) is 6.29. The Labute approximate surface area is 156 Å². The summed E-state index contributed by atoms with van der Waals surface area (Å²) in [5.74, 6) is 0.148. The van der Waals surface area contributed by atoms with Crippen LogP contribution in [0.2, 0.25) is 0 Å². The number of hydrogen-bond donors (Lipinski definition) is 3. The largest absolute Gasteiger partial charge is 0.329 e. The number of nitrogens with one attached hydrogen (secondary N) is 2. The van der Waals surface area contributed by atoms with Crippen LogP contribution < -0.4 is 15.2 Å². The van der Waals surface area contributed by atoms with Gasteiger partial charge in [0, 0.05) is 12.1 Å². The molecule has 1 aliphatic rings. The number of nitrogens with two attached hydrogens (primary N) is 1. The molecule has 0 aromatic heterocycles. The third-order valence-corrected chi connectivity index (χ3v) is 7.87. The van der Waals surface area contributed by atoms with Crippen molar-refractivity contribution in [2.75, 3.05) is 13.6 Å². The lowest BCUT2D eigenvalue weighted by Gasteiger charge is -2.42. The lowest BCUT2D eigenvalue weighted by molar-refractivity contribution is 0.191. The molecule has 1 saturated carbocycles. The van der Waals surface area contributed by atoms with Gasteiger partial charge in [-0.15, -0.1) is 12.4 Å². The molecule has 1 aromatic carbocycles. The molecule has 1 aliphatic carbocycles. The van der Waals surface area contributed by atoms with E-state index in [1.807, 2.05) is 6.92 Å². The summed E-state index contributed by atoms with van der Waals surface area (Å²) in [6, 6.07) is 5.15. The molecule has 144 valence electrons. The summed E-state index contributed by atoms with van der Waals surface area (Å²) < 4.78 is 53.8. The maximum atomic E-state index is 12.7. The Balaban J connectivity index is 0.00000312. The predicted molar refractivity (Wildman–Crippen MR) is 99.7 cm³/mol. The molecule has 25 heavy (non-hydrogen) atoms. The maximum Gasteiger partial charge on any atom is 0.241 e. The van der Waals surface area contributed by atoms with Crippen LogP contribution in [0.3, 0.4) is 0 Å². The summed E-state index contributed by atoms with van der Waals surface area (Å²) >= 11 is 0. The van der Waals surface area contributed by atoms with Gasteiger partial charge in [0.05, 0.1) is 9.79 Å². The molecule has 10 heteroatoms. The Morgan fingerprint density at radius 1 is 1.08 bits per heavy atom. The Kier molecular flexibility index (Phi) is 7.43. The van der Waals surface area contributed by atoms with Crippen molar-refractivity contribution in [3.05, 3.63) is 24.3 Å². The minimum Gasteiger partial charge on any atom is -0.329 e. The molecule has 0 spiro atoms. The molecule has 0 heterocycles. The number of hydrogen-bond acceptors (Lipinski definition) is 5. The third-order valence-electron chi connectivity index (χ3n) is 4.87. The predicted octanol–water partition coefficient (Wildman–Crippen LogP) is 1.20. The van der Waals surface area contributed by atoms with Crippen LogP contribution in [0.5, 0.6) is 0 Å². The average Bonchev–Trinajstić information content (AvgIpc) is 2.57. The molecule has 0 bridgehead atoms. The van der Waals surface area contributed by atoms with Crippen LogP contribution in [-0.2, 0) is 20.0 Å². The Morgan fingerprint density at radius 3 is 2.04 bits per heavy atom. The molecule has 0 amide bonds. The molecule has 4 N–H and O–H groups in total. The third kappa shape index (κ3) is 4.72. The van der Waals surface area contributed by atoms with Gasteiger partial charge in [-0.3, -0.25) is 0 Å². The smallest absolute Gasteiger partial charge is 0.241 e. The van der Waals surface area contributed by atoms with Crippen LogP contribution >= 0.6 is 12.4 Å².